The van der Waals surface area contributed by atoms with Gasteiger partial charge in [0.1, 0.15) is 11.2 Å². The average Bonchev–Trinajstić information content (AvgIpc) is 4.11. The van der Waals surface area contributed by atoms with Crippen molar-refractivity contribution in [3.05, 3.63) is 218 Å². The Morgan fingerprint density at radius 3 is 1.80 bits per heavy atom. The summed E-state index contributed by atoms with van der Waals surface area (Å²) in [5.41, 5.74) is 16.0. The van der Waals surface area contributed by atoms with Gasteiger partial charge in [0, 0.05) is 63.9 Å². The highest BCUT2D eigenvalue weighted by Gasteiger charge is 2.20. The minimum atomic E-state index is 0.898. The van der Waals surface area contributed by atoms with Crippen molar-refractivity contribution < 1.29 is 4.42 Å². The summed E-state index contributed by atoms with van der Waals surface area (Å²) in [5.74, 6) is 0. The first-order chi connectivity index (χ1) is 31.7. The zero-order chi connectivity index (χ0) is 41.9. The molecule has 0 bridgehead atoms. The summed E-state index contributed by atoms with van der Waals surface area (Å²) in [4.78, 5) is 0. The van der Waals surface area contributed by atoms with E-state index in [-0.39, 0.29) is 0 Å². The first-order valence-corrected chi connectivity index (χ1v) is 22.6. The molecular weight excluding hydrogens is 797 g/mol. The van der Waals surface area contributed by atoms with Crippen LogP contribution >= 0.6 is 11.3 Å². The lowest BCUT2D eigenvalue weighted by Gasteiger charge is -2.14. The number of fused-ring (bicyclic) bond motifs is 12. The van der Waals surface area contributed by atoms with Gasteiger partial charge in [0.05, 0.1) is 22.1 Å². The molecule has 0 aliphatic heterocycles. The van der Waals surface area contributed by atoms with Crippen LogP contribution in [0.3, 0.4) is 0 Å². The predicted octanol–water partition coefficient (Wildman–Crippen LogP) is 17.1. The summed E-state index contributed by atoms with van der Waals surface area (Å²) in [6, 6.07) is 79.9. The lowest BCUT2D eigenvalue weighted by atomic mass is 9.91. The molecule has 0 amide bonds. The van der Waals surface area contributed by atoms with Gasteiger partial charge in [0.25, 0.3) is 0 Å². The van der Waals surface area contributed by atoms with Gasteiger partial charge in [-0.3, -0.25) is 0 Å². The van der Waals surface area contributed by atoms with Crippen LogP contribution < -0.4 is 0 Å². The van der Waals surface area contributed by atoms with Gasteiger partial charge in [-0.1, -0.05) is 127 Å². The molecule has 0 fully saturated rings. The van der Waals surface area contributed by atoms with Crippen molar-refractivity contribution in [1.29, 1.82) is 0 Å². The smallest absolute Gasteiger partial charge is 0.135 e. The van der Waals surface area contributed by atoms with E-state index < -0.39 is 0 Å². The zero-order valence-corrected chi connectivity index (χ0v) is 35.3. The Morgan fingerprint density at radius 1 is 0.312 bits per heavy atom. The van der Waals surface area contributed by atoms with Crippen molar-refractivity contribution in [2.75, 3.05) is 0 Å². The Labute approximate surface area is 371 Å². The normalized spacial score (nSPS) is 12.1. The number of furan rings is 1. The van der Waals surface area contributed by atoms with Crippen LogP contribution in [0, 0.1) is 0 Å². The molecule has 3 nitrogen and oxygen atoms in total. The number of benzene rings is 10. The zero-order valence-electron chi connectivity index (χ0n) is 34.5. The summed E-state index contributed by atoms with van der Waals surface area (Å²) in [7, 11) is 0. The van der Waals surface area contributed by atoms with Crippen molar-refractivity contribution in [3.63, 3.8) is 0 Å². The van der Waals surface area contributed by atoms with E-state index in [0.717, 1.165) is 33.3 Å². The van der Waals surface area contributed by atoms with E-state index in [4.69, 9.17) is 4.42 Å². The third kappa shape index (κ3) is 5.21. The highest BCUT2D eigenvalue weighted by atomic mass is 32.1. The molecule has 0 saturated carbocycles. The second kappa shape index (κ2) is 13.7. The summed E-state index contributed by atoms with van der Waals surface area (Å²) in [5, 5.41) is 9.80. The molecule has 4 heterocycles. The molecule has 0 N–H and O–H groups in total. The van der Waals surface area contributed by atoms with Crippen LogP contribution in [0.4, 0.5) is 0 Å². The predicted molar refractivity (Wildman–Crippen MR) is 272 cm³/mol. The average molecular weight is 833 g/mol. The molecule has 0 spiro atoms. The van der Waals surface area contributed by atoms with Crippen LogP contribution in [0.1, 0.15) is 0 Å². The van der Waals surface area contributed by atoms with E-state index in [9.17, 15) is 0 Å². The topological polar surface area (TPSA) is 23.0 Å². The molecule has 10 aromatic carbocycles. The molecule has 0 atom stereocenters. The highest BCUT2D eigenvalue weighted by Crippen LogP contribution is 2.45. The number of hydrogen-bond donors (Lipinski definition) is 0. The second-order valence-corrected chi connectivity index (χ2v) is 17.9. The van der Waals surface area contributed by atoms with E-state index in [1.807, 2.05) is 23.5 Å². The van der Waals surface area contributed by atoms with Gasteiger partial charge in [-0.15, -0.1) is 11.3 Å². The second-order valence-electron chi connectivity index (χ2n) is 16.8. The summed E-state index contributed by atoms with van der Waals surface area (Å²) in [6.07, 6.45) is 0. The number of para-hydroxylation sites is 4. The fourth-order valence-corrected chi connectivity index (χ4v) is 11.7. The van der Waals surface area contributed by atoms with Gasteiger partial charge in [0.15, 0.2) is 0 Å². The maximum absolute atomic E-state index is 6.24. The van der Waals surface area contributed by atoms with Crippen LogP contribution in [0.2, 0.25) is 0 Å². The third-order valence-corrected chi connectivity index (χ3v) is 14.5. The SMILES string of the molecule is c1ccc(-n2c3ccccc3c3c(-c4cc(-c5ccc6c(c5)c5ccccc5n6-c5ccc6oc7ccccc7c6c5)cc(-c5cccc6c5sc5ccccc56)c4)cccc32)cc1. The van der Waals surface area contributed by atoms with Gasteiger partial charge in [-0.25, -0.2) is 0 Å². The van der Waals surface area contributed by atoms with E-state index in [2.05, 4.69) is 215 Å². The van der Waals surface area contributed by atoms with Crippen LogP contribution in [-0.4, -0.2) is 9.13 Å². The Hall–Kier alpha value is -8.18. The van der Waals surface area contributed by atoms with E-state index in [1.165, 1.54) is 97.2 Å². The Balaban J connectivity index is 1.02. The van der Waals surface area contributed by atoms with E-state index in [0.29, 0.717) is 0 Å². The quantitative estimate of drug-likeness (QED) is 0.169. The number of aromatic nitrogens is 2. The molecule has 4 aromatic heterocycles. The fourth-order valence-electron chi connectivity index (χ4n) is 10.5. The van der Waals surface area contributed by atoms with Crippen molar-refractivity contribution in [3.8, 4) is 44.8 Å². The van der Waals surface area contributed by atoms with Crippen molar-refractivity contribution in [1.82, 2.24) is 9.13 Å². The molecule has 4 heteroatoms. The number of hydrogen-bond acceptors (Lipinski definition) is 2. The molecule has 0 radical (unpaired) electrons. The third-order valence-electron chi connectivity index (χ3n) is 13.3. The first kappa shape index (κ1) is 35.4. The van der Waals surface area contributed by atoms with Crippen molar-refractivity contribution in [2.45, 2.75) is 0 Å². The van der Waals surface area contributed by atoms with Crippen LogP contribution in [0.15, 0.2) is 223 Å². The molecule has 64 heavy (non-hydrogen) atoms. The van der Waals surface area contributed by atoms with Crippen LogP contribution in [0.5, 0.6) is 0 Å². The Bertz CT molecular complexity index is 4200. The minimum Gasteiger partial charge on any atom is -0.456 e. The van der Waals surface area contributed by atoms with E-state index >= 15 is 0 Å². The molecule has 14 aromatic rings. The molecule has 0 aliphatic rings. The fraction of sp³-hybridized carbons (Fsp3) is 0. The maximum atomic E-state index is 6.24. The lowest BCUT2D eigenvalue weighted by Crippen LogP contribution is -1.93. The van der Waals surface area contributed by atoms with Gasteiger partial charge in [-0.2, -0.15) is 0 Å². The van der Waals surface area contributed by atoms with Crippen LogP contribution in [0.25, 0.3) is 130 Å². The van der Waals surface area contributed by atoms with Gasteiger partial charge in [0.2, 0.25) is 0 Å². The highest BCUT2D eigenvalue weighted by molar-refractivity contribution is 7.26. The largest absolute Gasteiger partial charge is 0.456 e. The molecule has 298 valence electrons. The van der Waals surface area contributed by atoms with Crippen molar-refractivity contribution >= 4 is 97.1 Å². The molecule has 0 aliphatic carbocycles. The first-order valence-electron chi connectivity index (χ1n) is 21.8. The van der Waals surface area contributed by atoms with Crippen molar-refractivity contribution in [2.24, 2.45) is 0 Å². The standard InChI is InChI=1S/C60H36N2OS/c1-2-14-41(15-3-1)61-53-24-9-5-19-49(53)59-43(20-13-25-55(59)61)39-32-38(33-40(34-39)44-21-12-22-48-47-18-7-11-27-58(47)64-60(44)48)37-28-30-54-50(35-37)45-16-4-8-23-52(45)62(54)42-29-31-57-51(36-42)46-17-6-10-26-56(46)63-57/h1-36H. The number of thiophene rings is 1. The summed E-state index contributed by atoms with van der Waals surface area (Å²) < 4.78 is 13.7. The number of rotatable bonds is 5. The van der Waals surface area contributed by atoms with Crippen LogP contribution in [-0.2, 0) is 0 Å². The summed E-state index contributed by atoms with van der Waals surface area (Å²) in [6.45, 7) is 0. The molecular formula is C60H36N2OS. The van der Waals surface area contributed by atoms with E-state index in [1.54, 1.807) is 0 Å². The maximum Gasteiger partial charge on any atom is 0.135 e. The van der Waals surface area contributed by atoms with Gasteiger partial charge >= 0.3 is 0 Å². The monoisotopic (exact) mass is 832 g/mol. The van der Waals surface area contributed by atoms with Gasteiger partial charge in [-0.05, 0) is 124 Å². The Morgan fingerprint density at radius 2 is 0.922 bits per heavy atom. The molecule has 0 saturated heterocycles. The number of nitrogens with zero attached hydrogens (tertiary/aromatic N) is 2. The lowest BCUT2D eigenvalue weighted by molar-refractivity contribution is 0.669. The molecule has 14 rings (SSSR count). The minimum absolute atomic E-state index is 0.898. The van der Waals surface area contributed by atoms with Gasteiger partial charge < -0.3 is 13.6 Å². The summed E-state index contributed by atoms with van der Waals surface area (Å²) >= 11 is 1.89. The molecule has 0 unspecified atom stereocenters. The Kier molecular flexibility index (Phi) is 7.56.